The molecule has 25 heavy (non-hydrogen) atoms. The van der Waals surface area contributed by atoms with Crippen molar-refractivity contribution < 1.29 is 13.2 Å². The molecule has 6 nitrogen and oxygen atoms in total. The molecule has 2 atom stereocenters. The SMILES string of the molecule is CC(C)CC(C)(CN)NS(=O)(=O)C1CCCN(C(=O)C2CCCC2)C1. The van der Waals surface area contributed by atoms with Crippen LogP contribution < -0.4 is 10.5 Å². The fraction of sp³-hybridized carbons (Fsp3) is 0.944. The van der Waals surface area contributed by atoms with Crippen LogP contribution in [0, 0.1) is 11.8 Å². The van der Waals surface area contributed by atoms with Gasteiger partial charge in [0.2, 0.25) is 15.9 Å². The van der Waals surface area contributed by atoms with E-state index in [0.717, 1.165) is 32.1 Å². The molecular formula is C18H35N3O3S. The highest BCUT2D eigenvalue weighted by atomic mass is 32.2. The number of nitrogens with two attached hydrogens (primary N) is 1. The van der Waals surface area contributed by atoms with Crippen LogP contribution in [0.2, 0.25) is 0 Å². The first-order chi connectivity index (χ1) is 11.7. The van der Waals surface area contributed by atoms with E-state index in [9.17, 15) is 13.2 Å². The molecule has 1 saturated heterocycles. The Morgan fingerprint density at radius 3 is 2.44 bits per heavy atom. The van der Waals surface area contributed by atoms with Crippen LogP contribution in [0.4, 0.5) is 0 Å². The first-order valence-electron chi connectivity index (χ1n) is 9.68. The molecule has 0 aromatic carbocycles. The lowest BCUT2D eigenvalue weighted by Gasteiger charge is -2.37. The molecule has 2 rings (SSSR count). The summed E-state index contributed by atoms with van der Waals surface area (Å²) in [5, 5.41) is -0.537. The highest BCUT2D eigenvalue weighted by Gasteiger charge is 2.38. The fourth-order valence-corrected chi connectivity index (χ4v) is 6.19. The molecular weight excluding hydrogens is 338 g/mol. The van der Waals surface area contributed by atoms with Crippen LogP contribution in [0.3, 0.4) is 0 Å². The monoisotopic (exact) mass is 373 g/mol. The number of nitrogens with one attached hydrogen (secondary N) is 1. The summed E-state index contributed by atoms with van der Waals surface area (Å²) in [5.74, 6) is 0.605. The van der Waals surface area contributed by atoms with E-state index >= 15 is 0 Å². The van der Waals surface area contributed by atoms with Crippen molar-refractivity contribution in [1.29, 1.82) is 0 Å². The van der Waals surface area contributed by atoms with Crippen molar-refractivity contribution >= 4 is 15.9 Å². The van der Waals surface area contributed by atoms with Gasteiger partial charge in [0.05, 0.1) is 5.25 Å². The predicted octanol–water partition coefficient (Wildman–Crippen LogP) is 1.85. The number of likely N-dealkylation sites (tertiary alicyclic amines) is 1. The van der Waals surface area contributed by atoms with Gasteiger partial charge in [0.15, 0.2) is 0 Å². The zero-order valence-electron chi connectivity index (χ0n) is 16.0. The van der Waals surface area contributed by atoms with Crippen molar-refractivity contribution in [3.05, 3.63) is 0 Å². The van der Waals surface area contributed by atoms with Gasteiger partial charge >= 0.3 is 0 Å². The van der Waals surface area contributed by atoms with Crippen molar-refractivity contribution in [1.82, 2.24) is 9.62 Å². The van der Waals surface area contributed by atoms with Gasteiger partial charge in [0.25, 0.3) is 0 Å². The third kappa shape index (κ3) is 5.41. The molecule has 2 aliphatic rings. The Balaban J connectivity index is 2.04. The molecule has 0 radical (unpaired) electrons. The lowest BCUT2D eigenvalue weighted by atomic mass is 9.92. The number of rotatable bonds is 7. The third-order valence-electron chi connectivity index (χ3n) is 5.53. The Hall–Kier alpha value is -0.660. The van der Waals surface area contributed by atoms with E-state index in [1.165, 1.54) is 0 Å². The normalized spacial score (nSPS) is 25.3. The van der Waals surface area contributed by atoms with Gasteiger partial charge < -0.3 is 10.6 Å². The van der Waals surface area contributed by atoms with Crippen LogP contribution in [0.15, 0.2) is 0 Å². The highest BCUT2D eigenvalue weighted by molar-refractivity contribution is 7.90. The fourth-order valence-electron chi connectivity index (χ4n) is 4.32. The van der Waals surface area contributed by atoms with Gasteiger partial charge in [-0.1, -0.05) is 26.7 Å². The summed E-state index contributed by atoms with van der Waals surface area (Å²) in [6, 6.07) is 0. The summed E-state index contributed by atoms with van der Waals surface area (Å²) < 4.78 is 28.7. The minimum absolute atomic E-state index is 0.102. The number of hydrogen-bond donors (Lipinski definition) is 2. The zero-order chi connectivity index (χ0) is 18.7. The van der Waals surface area contributed by atoms with Crippen LogP contribution in [-0.4, -0.2) is 49.6 Å². The molecule has 7 heteroatoms. The largest absolute Gasteiger partial charge is 0.341 e. The average Bonchev–Trinajstić information content (AvgIpc) is 3.07. The standard InChI is InChI=1S/C18H35N3O3S/c1-14(2)11-18(3,13-19)20-25(23,24)16-9-6-10-21(12-16)17(22)15-7-4-5-8-15/h14-16,20H,4-13,19H2,1-3H3. The second-order valence-electron chi connectivity index (χ2n) is 8.54. The maximum atomic E-state index is 12.9. The lowest BCUT2D eigenvalue weighted by Crippen LogP contribution is -2.57. The van der Waals surface area contributed by atoms with Gasteiger partial charge in [0.1, 0.15) is 0 Å². The highest BCUT2D eigenvalue weighted by Crippen LogP contribution is 2.29. The zero-order valence-corrected chi connectivity index (χ0v) is 16.8. The van der Waals surface area contributed by atoms with Crippen LogP contribution in [-0.2, 0) is 14.8 Å². The van der Waals surface area contributed by atoms with E-state index in [1.54, 1.807) is 4.90 Å². The lowest BCUT2D eigenvalue weighted by molar-refractivity contribution is -0.136. The minimum Gasteiger partial charge on any atom is -0.341 e. The van der Waals surface area contributed by atoms with E-state index in [-0.39, 0.29) is 18.4 Å². The molecule has 146 valence electrons. The second kappa shape index (κ2) is 8.35. The molecule has 0 spiro atoms. The minimum atomic E-state index is -3.51. The molecule has 1 heterocycles. The van der Waals surface area contributed by atoms with E-state index in [2.05, 4.69) is 18.6 Å². The van der Waals surface area contributed by atoms with Gasteiger partial charge in [-0.25, -0.2) is 13.1 Å². The van der Waals surface area contributed by atoms with Gasteiger partial charge in [-0.15, -0.1) is 0 Å². The number of nitrogens with zero attached hydrogens (tertiary/aromatic N) is 1. The molecule has 1 saturated carbocycles. The summed E-state index contributed by atoms with van der Waals surface area (Å²) in [7, 11) is -3.51. The maximum absolute atomic E-state index is 12.9. The molecule has 2 unspecified atom stereocenters. The van der Waals surface area contributed by atoms with Crippen LogP contribution in [0.1, 0.15) is 65.7 Å². The van der Waals surface area contributed by atoms with Crippen molar-refractivity contribution in [2.45, 2.75) is 76.5 Å². The van der Waals surface area contributed by atoms with E-state index in [4.69, 9.17) is 5.73 Å². The summed E-state index contributed by atoms with van der Waals surface area (Å²) in [6.45, 7) is 7.25. The number of hydrogen-bond acceptors (Lipinski definition) is 4. The van der Waals surface area contributed by atoms with E-state index < -0.39 is 20.8 Å². The van der Waals surface area contributed by atoms with Gasteiger partial charge in [0, 0.05) is 31.1 Å². The Morgan fingerprint density at radius 2 is 1.88 bits per heavy atom. The smallest absolute Gasteiger partial charge is 0.225 e. The Labute approximate surface area is 153 Å². The molecule has 0 bridgehead atoms. The third-order valence-corrected chi connectivity index (χ3v) is 7.57. The molecule has 1 aliphatic carbocycles. The van der Waals surface area contributed by atoms with Crippen LogP contribution in [0.5, 0.6) is 0 Å². The van der Waals surface area contributed by atoms with Crippen molar-refractivity contribution in [3.63, 3.8) is 0 Å². The van der Waals surface area contributed by atoms with Crippen molar-refractivity contribution in [2.75, 3.05) is 19.6 Å². The maximum Gasteiger partial charge on any atom is 0.225 e. The Morgan fingerprint density at radius 1 is 1.24 bits per heavy atom. The molecule has 2 fully saturated rings. The number of carbonyl (C=O) groups excluding carboxylic acids is 1. The van der Waals surface area contributed by atoms with E-state index in [0.29, 0.717) is 31.8 Å². The second-order valence-corrected chi connectivity index (χ2v) is 10.5. The molecule has 3 N–H and O–H groups in total. The summed E-state index contributed by atoms with van der Waals surface area (Å²) >= 11 is 0. The van der Waals surface area contributed by atoms with Gasteiger partial charge in [-0.2, -0.15) is 0 Å². The molecule has 0 aromatic heterocycles. The number of amides is 1. The number of piperidine rings is 1. The molecule has 1 amide bonds. The van der Waals surface area contributed by atoms with Crippen molar-refractivity contribution in [2.24, 2.45) is 17.6 Å². The van der Waals surface area contributed by atoms with Gasteiger partial charge in [-0.3, -0.25) is 4.79 Å². The van der Waals surface area contributed by atoms with Crippen molar-refractivity contribution in [3.8, 4) is 0 Å². The van der Waals surface area contributed by atoms with Crippen LogP contribution >= 0.6 is 0 Å². The number of carbonyl (C=O) groups is 1. The first kappa shape index (κ1) is 20.6. The summed E-state index contributed by atoms with van der Waals surface area (Å²) in [5.41, 5.74) is 5.22. The Kier molecular flexibility index (Phi) is 6.90. The Bertz CT molecular complexity index is 558. The van der Waals surface area contributed by atoms with Crippen LogP contribution in [0.25, 0.3) is 0 Å². The number of sulfonamides is 1. The first-order valence-corrected chi connectivity index (χ1v) is 11.2. The topological polar surface area (TPSA) is 92.5 Å². The van der Waals surface area contributed by atoms with Gasteiger partial charge in [-0.05, 0) is 44.9 Å². The quantitative estimate of drug-likeness (QED) is 0.712. The average molecular weight is 374 g/mol. The molecule has 0 aromatic rings. The summed E-state index contributed by atoms with van der Waals surface area (Å²) in [6.07, 6.45) is 6.16. The predicted molar refractivity (Wildman–Crippen MR) is 101 cm³/mol. The summed E-state index contributed by atoms with van der Waals surface area (Å²) in [4.78, 5) is 14.4. The van der Waals surface area contributed by atoms with E-state index in [1.807, 2.05) is 6.92 Å². The molecule has 1 aliphatic heterocycles.